The number of rotatable bonds is 9. The van der Waals surface area contributed by atoms with E-state index in [9.17, 15) is 9.18 Å². The Labute approximate surface area is 181 Å². The van der Waals surface area contributed by atoms with E-state index in [1.54, 1.807) is 36.4 Å². The first-order valence-electron chi connectivity index (χ1n) is 8.86. The largest absolute Gasteiger partial charge is 0.483 e. The van der Waals surface area contributed by atoms with Crippen molar-refractivity contribution in [1.29, 1.82) is 0 Å². The molecule has 0 radical (unpaired) electrons. The lowest BCUT2D eigenvalue weighted by Gasteiger charge is -2.12. The van der Waals surface area contributed by atoms with Gasteiger partial charge in [-0.15, -0.1) is 16.8 Å². The number of hydrogen-bond donors (Lipinski definition) is 0. The van der Waals surface area contributed by atoms with E-state index in [0.29, 0.717) is 23.1 Å². The summed E-state index contributed by atoms with van der Waals surface area (Å²) in [6.45, 7) is 6.10. The fourth-order valence-electron chi connectivity index (χ4n) is 2.59. The molecule has 0 N–H and O–H groups in total. The zero-order valence-electron chi connectivity index (χ0n) is 15.7. The number of para-hydroxylation sites is 1. The molecular formula is C21H19BrFN3O2S. The van der Waals surface area contributed by atoms with E-state index in [0.717, 1.165) is 4.47 Å². The molecule has 1 heterocycles. The van der Waals surface area contributed by atoms with Crippen LogP contribution in [0.25, 0.3) is 0 Å². The van der Waals surface area contributed by atoms with Gasteiger partial charge >= 0.3 is 0 Å². The van der Waals surface area contributed by atoms with Crippen LogP contribution >= 0.6 is 27.7 Å². The van der Waals surface area contributed by atoms with Crippen molar-refractivity contribution in [3.63, 3.8) is 0 Å². The summed E-state index contributed by atoms with van der Waals surface area (Å²) in [5.41, 5.74) is 0.631. The fourth-order valence-corrected chi connectivity index (χ4v) is 3.81. The van der Waals surface area contributed by atoms with Crippen LogP contribution in [0.2, 0.25) is 0 Å². The lowest BCUT2D eigenvalue weighted by atomic mass is 10.1. The van der Waals surface area contributed by atoms with Gasteiger partial charge in [-0.2, -0.15) is 0 Å². The maximum absolute atomic E-state index is 13.8. The number of Topliss-reactive ketones (excluding diaryl/α,β-unsaturated/α-hetero) is 1. The quantitative estimate of drug-likeness (QED) is 0.238. The Bertz CT molecular complexity index is 1010. The third kappa shape index (κ3) is 5.33. The number of benzene rings is 2. The second-order valence-electron chi connectivity index (χ2n) is 6.15. The zero-order chi connectivity index (χ0) is 20.8. The molecule has 0 fully saturated rings. The van der Waals surface area contributed by atoms with Crippen molar-refractivity contribution in [2.45, 2.75) is 30.5 Å². The smallest absolute Gasteiger partial charge is 0.192 e. The highest BCUT2D eigenvalue weighted by atomic mass is 79.9. The molecule has 0 aliphatic rings. The van der Waals surface area contributed by atoms with Crippen LogP contribution in [0.5, 0.6) is 5.75 Å². The number of hydrogen-bond acceptors (Lipinski definition) is 5. The molecule has 5 nitrogen and oxygen atoms in total. The third-order valence-corrected chi connectivity index (χ3v) is 5.69. The van der Waals surface area contributed by atoms with Crippen molar-refractivity contribution in [3.8, 4) is 5.75 Å². The molecule has 3 aromatic rings. The van der Waals surface area contributed by atoms with E-state index in [4.69, 9.17) is 4.74 Å². The summed E-state index contributed by atoms with van der Waals surface area (Å²) in [7, 11) is 0. The van der Waals surface area contributed by atoms with Gasteiger partial charge in [-0.25, -0.2) is 4.39 Å². The first kappa shape index (κ1) is 21.3. The van der Waals surface area contributed by atoms with Crippen LogP contribution in [0.15, 0.2) is 70.8 Å². The van der Waals surface area contributed by atoms with Crippen molar-refractivity contribution in [2.75, 3.05) is 0 Å². The maximum atomic E-state index is 13.8. The number of allylic oxidation sites excluding steroid dienone is 1. The van der Waals surface area contributed by atoms with Crippen LogP contribution < -0.4 is 4.74 Å². The molecule has 1 unspecified atom stereocenters. The first-order chi connectivity index (χ1) is 14.0. The molecule has 0 spiro atoms. The van der Waals surface area contributed by atoms with Gasteiger partial charge in [-0.3, -0.25) is 9.36 Å². The number of thioether (sulfide) groups is 1. The standard InChI is InChI=1S/C21H19BrFN3O2S/c1-3-12-26-19(13-28-18-7-5-4-6-17(18)23)24-25-21(26)29-14(2)20(27)15-8-10-16(22)11-9-15/h3-11,14H,1,12-13H2,2H3. The van der Waals surface area contributed by atoms with Gasteiger partial charge in [-0.05, 0) is 31.2 Å². The van der Waals surface area contributed by atoms with Crippen LogP contribution in [-0.2, 0) is 13.2 Å². The third-order valence-electron chi connectivity index (χ3n) is 4.08. The molecular weight excluding hydrogens is 457 g/mol. The van der Waals surface area contributed by atoms with E-state index in [-0.39, 0.29) is 23.4 Å². The van der Waals surface area contributed by atoms with Crippen molar-refractivity contribution < 1.29 is 13.9 Å². The lowest BCUT2D eigenvalue weighted by Crippen LogP contribution is -2.15. The highest BCUT2D eigenvalue weighted by molar-refractivity contribution is 9.10. The van der Waals surface area contributed by atoms with Gasteiger partial charge in [0.1, 0.15) is 6.61 Å². The number of carbonyl (C=O) groups excluding carboxylic acids is 1. The number of ether oxygens (including phenoxy) is 1. The summed E-state index contributed by atoms with van der Waals surface area (Å²) in [6.07, 6.45) is 1.71. The van der Waals surface area contributed by atoms with Gasteiger partial charge < -0.3 is 4.74 Å². The summed E-state index contributed by atoms with van der Waals surface area (Å²) in [6, 6.07) is 13.4. The van der Waals surface area contributed by atoms with E-state index in [1.807, 2.05) is 23.6 Å². The topological polar surface area (TPSA) is 57.0 Å². The van der Waals surface area contributed by atoms with Crippen LogP contribution in [0.3, 0.4) is 0 Å². The van der Waals surface area contributed by atoms with Crippen LogP contribution in [0, 0.1) is 5.82 Å². The molecule has 29 heavy (non-hydrogen) atoms. The minimum Gasteiger partial charge on any atom is -0.483 e. The minimum atomic E-state index is -0.439. The number of halogens is 2. The highest BCUT2D eigenvalue weighted by Gasteiger charge is 2.21. The Morgan fingerprint density at radius 1 is 1.28 bits per heavy atom. The summed E-state index contributed by atoms with van der Waals surface area (Å²) >= 11 is 4.68. The van der Waals surface area contributed by atoms with E-state index < -0.39 is 5.82 Å². The van der Waals surface area contributed by atoms with Gasteiger partial charge in [0.2, 0.25) is 0 Å². The van der Waals surface area contributed by atoms with Crippen molar-refractivity contribution in [3.05, 3.63) is 82.9 Å². The number of ketones is 1. The van der Waals surface area contributed by atoms with E-state index in [2.05, 4.69) is 32.7 Å². The van der Waals surface area contributed by atoms with Gasteiger partial charge in [0.25, 0.3) is 0 Å². The predicted octanol–water partition coefficient (Wildman–Crippen LogP) is 5.31. The number of carbonyl (C=O) groups is 1. The Morgan fingerprint density at radius 3 is 2.69 bits per heavy atom. The van der Waals surface area contributed by atoms with Crippen LogP contribution in [0.4, 0.5) is 4.39 Å². The summed E-state index contributed by atoms with van der Waals surface area (Å²) in [4.78, 5) is 12.7. The molecule has 0 aliphatic heterocycles. The van der Waals surface area contributed by atoms with Crippen molar-refractivity contribution >= 4 is 33.5 Å². The molecule has 150 valence electrons. The van der Waals surface area contributed by atoms with E-state index >= 15 is 0 Å². The maximum Gasteiger partial charge on any atom is 0.192 e. The molecule has 0 bridgehead atoms. The normalized spacial score (nSPS) is 11.8. The Morgan fingerprint density at radius 2 is 2.00 bits per heavy atom. The SMILES string of the molecule is C=CCn1c(COc2ccccc2F)nnc1SC(C)C(=O)c1ccc(Br)cc1. The molecule has 0 saturated heterocycles. The second kappa shape index (κ2) is 9.84. The number of aromatic nitrogens is 3. The summed E-state index contributed by atoms with van der Waals surface area (Å²) in [5, 5.41) is 8.57. The molecule has 1 aromatic heterocycles. The fraction of sp³-hybridized carbons (Fsp3) is 0.190. The Kier molecular flexibility index (Phi) is 7.22. The molecule has 0 amide bonds. The first-order valence-corrected chi connectivity index (χ1v) is 10.5. The highest BCUT2D eigenvalue weighted by Crippen LogP contribution is 2.26. The second-order valence-corrected chi connectivity index (χ2v) is 8.37. The monoisotopic (exact) mass is 475 g/mol. The lowest BCUT2D eigenvalue weighted by molar-refractivity contribution is 0.0994. The summed E-state index contributed by atoms with van der Waals surface area (Å²) < 4.78 is 22.0. The molecule has 8 heteroatoms. The average molecular weight is 476 g/mol. The van der Waals surface area contributed by atoms with Crippen LogP contribution in [0.1, 0.15) is 23.1 Å². The average Bonchev–Trinajstić information content (AvgIpc) is 3.09. The minimum absolute atomic E-state index is 0.000176. The molecule has 0 saturated carbocycles. The molecule has 3 rings (SSSR count). The van der Waals surface area contributed by atoms with Crippen molar-refractivity contribution in [1.82, 2.24) is 14.8 Å². The van der Waals surface area contributed by atoms with Crippen molar-refractivity contribution in [2.24, 2.45) is 0 Å². The Hall–Kier alpha value is -2.45. The van der Waals surface area contributed by atoms with Gasteiger partial charge in [0.05, 0.1) is 5.25 Å². The molecule has 1 atom stereocenters. The Balaban J connectivity index is 1.73. The van der Waals surface area contributed by atoms with Crippen LogP contribution in [-0.4, -0.2) is 25.8 Å². The van der Waals surface area contributed by atoms with E-state index in [1.165, 1.54) is 17.8 Å². The molecule has 0 aliphatic carbocycles. The van der Waals surface area contributed by atoms with Gasteiger partial charge in [0.15, 0.2) is 28.3 Å². The molecule has 2 aromatic carbocycles. The van der Waals surface area contributed by atoms with Gasteiger partial charge in [-0.1, -0.05) is 58.0 Å². The van der Waals surface area contributed by atoms with Gasteiger partial charge in [0, 0.05) is 16.6 Å². The summed E-state index contributed by atoms with van der Waals surface area (Å²) in [5.74, 6) is 0.234. The number of nitrogens with zero attached hydrogens (tertiary/aromatic N) is 3. The zero-order valence-corrected chi connectivity index (χ0v) is 18.1. The predicted molar refractivity (Wildman–Crippen MR) is 115 cm³/mol.